The minimum absolute atomic E-state index is 0.147. The smallest absolute Gasteiger partial charge is 0.222 e. The van der Waals surface area contributed by atoms with Gasteiger partial charge in [0.1, 0.15) is 0 Å². The van der Waals surface area contributed by atoms with Gasteiger partial charge >= 0.3 is 0 Å². The largest absolute Gasteiger partial charge is 0.353 e. The second kappa shape index (κ2) is 2.74. The van der Waals surface area contributed by atoms with Crippen molar-refractivity contribution in [1.82, 2.24) is 5.32 Å². The van der Waals surface area contributed by atoms with E-state index >= 15 is 0 Å². The summed E-state index contributed by atoms with van der Waals surface area (Å²) in [6.45, 7) is 3.95. The third-order valence-electron chi connectivity index (χ3n) is 4.57. The SMILES string of the molecule is CC(C)C(=O)NC1C2C3CCC(C3)C12. The Kier molecular flexibility index (Phi) is 1.71. The predicted octanol–water partition coefficient (Wildman–Crippen LogP) is 1.80. The highest BCUT2D eigenvalue weighted by Gasteiger charge is 2.65. The zero-order chi connectivity index (χ0) is 9.87. The Morgan fingerprint density at radius 1 is 1.21 bits per heavy atom. The van der Waals surface area contributed by atoms with Crippen molar-refractivity contribution in [2.24, 2.45) is 29.6 Å². The van der Waals surface area contributed by atoms with Crippen LogP contribution in [0.4, 0.5) is 0 Å². The van der Waals surface area contributed by atoms with Crippen molar-refractivity contribution in [2.45, 2.75) is 39.2 Å². The Balaban J connectivity index is 1.61. The van der Waals surface area contributed by atoms with Gasteiger partial charge in [0.25, 0.3) is 0 Å². The molecule has 4 atom stereocenters. The molecule has 0 saturated heterocycles. The summed E-state index contributed by atoms with van der Waals surface area (Å²) in [4.78, 5) is 11.5. The van der Waals surface area contributed by atoms with Crippen molar-refractivity contribution in [1.29, 1.82) is 0 Å². The number of hydrogen-bond acceptors (Lipinski definition) is 1. The van der Waals surface area contributed by atoms with Gasteiger partial charge in [-0.05, 0) is 42.9 Å². The molecule has 0 aromatic heterocycles. The number of nitrogens with one attached hydrogen (secondary N) is 1. The van der Waals surface area contributed by atoms with Crippen molar-refractivity contribution < 1.29 is 4.79 Å². The van der Waals surface area contributed by atoms with Gasteiger partial charge in [0.15, 0.2) is 0 Å². The molecule has 0 aliphatic heterocycles. The van der Waals surface area contributed by atoms with Crippen LogP contribution in [0.1, 0.15) is 33.1 Å². The minimum Gasteiger partial charge on any atom is -0.353 e. The van der Waals surface area contributed by atoms with E-state index in [0.717, 1.165) is 23.7 Å². The first kappa shape index (κ1) is 8.75. The molecule has 4 unspecified atom stereocenters. The van der Waals surface area contributed by atoms with Crippen LogP contribution in [-0.2, 0) is 4.79 Å². The summed E-state index contributed by atoms with van der Waals surface area (Å²) in [6.07, 6.45) is 4.32. The van der Waals surface area contributed by atoms with Crippen LogP contribution in [0, 0.1) is 29.6 Å². The molecule has 3 aliphatic carbocycles. The molecular formula is C12H19NO. The van der Waals surface area contributed by atoms with Crippen LogP contribution in [0.5, 0.6) is 0 Å². The molecule has 2 nitrogen and oxygen atoms in total. The Morgan fingerprint density at radius 2 is 1.79 bits per heavy atom. The summed E-state index contributed by atoms with van der Waals surface area (Å²) in [5.74, 6) is 4.07. The Hall–Kier alpha value is -0.530. The fourth-order valence-corrected chi connectivity index (χ4v) is 3.85. The zero-order valence-corrected chi connectivity index (χ0v) is 8.99. The lowest BCUT2D eigenvalue weighted by Crippen LogP contribution is -2.33. The van der Waals surface area contributed by atoms with Gasteiger partial charge in [-0.15, -0.1) is 0 Å². The molecule has 2 heteroatoms. The number of hydrogen-bond donors (Lipinski definition) is 1. The Labute approximate surface area is 85.4 Å². The number of rotatable bonds is 2. The minimum atomic E-state index is 0.147. The molecule has 3 saturated carbocycles. The predicted molar refractivity (Wildman–Crippen MR) is 54.6 cm³/mol. The van der Waals surface area contributed by atoms with E-state index in [4.69, 9.17) is 0 Å². The maximum Gasteiger partial charge on any atom is 0.222 e. The van der Waals surface area contributed by atoms with E-state index in [2.05, 4.69) is 5.32 Å². The molecule has 1 amide bonds. The Morgan fingerprint density at radius 3 is 2.29 bits per heavy atom. The zero-order valence-electron chi connectivity index (χ0n) is 8.99. The van der Waals surface area contributed by atoms with Gasteiger partial charge in [-0.1, -0.05) is 13.8 Å². The lowest BCUT2D eigenvalue weighted by Gasteiger charge is -2.11. The van der Waals surface area contributed by atoms with E-state index in [-0.39, 0.29) is 11.8 Å². The maximum atomic E-state index is 11.5. The number of amides is 1. The number of fused-ring (bicyclic) bond motifs is 5. The summed E-state index contributed by atoms with van der Waals surface area (Å²) < 4.78 is 0. The molecular weight excluding hydrogens is 174 g/mol. The first-order valence-electron chi connectivity index (χ1n) is 5.99. The first-order valence-corrected chi connectivity index (χ1v) is 5.99. The highest BCUT2D eigenvalue weighted by molar-refractivity contribution is 5.78. The van der Waals surface area contributed by atoms with Crippen molar-refractivity contribution in [2.75, 3.05) is 0 Å². The molecule has 78 valence electrons. The average Bonchev–Trinajstić information content (AvgIpc) is 2.59. The lowest BCUT2D eigenvalue weighted by atomic mass is 10.0. The Bertz CT molecular complexity index is 257. The van der Waals surface area contributed by atoms with Crippen LogP contribution < -0.4 is 5.32 Å². The average molecular weight is 193 g/mol. The molecule has 0 heterocycles. The van der Waals surface area contributed by atoms with Gasteiger partial charge < -0.3 is 5.32 Å². The second-order valence-corrected chi connectivity index (χ2v) is 5.68. The van der Waals surface area contributed by atoms with E-state index in [9.17, 15) is 4.79 Å². The van der Waals surface area contributed by atoms with Crippen molar-refractivity contribution >= 4 is 5.91 Å². The highest BCUT2D eigenvalue weighted by atomic mass is 16.1. The van der Waals surface area contributed by atoms with Crippen LogP contribution in [0.15, 0.2) is 0 Å². The van der Waals surface area contributed by atoms with Gasteiger partial charge in [-0.3, -0.25) is 4.79 Å². The maximum absolute atomic E-state index is 11.5. The van der Waals surface area contributed by atoms with Crippen molar-refractivity contribution in [3.63, 3.8) is 0 Å². The third kappa shape index (κ3) is 1.06. The van der Waals surface area contributed by atoms with Crippen molar-refractivity contribution in [3.05, 3.63) is 0 Å². The number of carbonyl (C=O) groups excluding carboxylic acids is 1. The second-order valence-electron chi connectivity index (χ2n) is 5.68. The van der Waals surface area contributed by atoms with Crippen LogP contribution in [0.2, 0.25) is 0 Å². The summed E-state index contributed by atoms with van der Waals surface area (Å²) in [6, 6.07) is 0.566. The number of carbonyl (C=O) groups is 1. The molecule has 0 radical (unpaired) electrons. The van der Waals surface area contributed by atoms with E-state index in [1.165, 1.54) is 19.3 Å². The summed E-state index contributed by atoms with van der Waals surface area (Å²) in [7, 11) is 0. The van der Waals surface area contributed by atoms with Crippen LogP contribution in [0.3, 0.4) is 0 Å². The highest BCUT2D eigenvalue weighted by Crippen LogP contribution is 2.65. The van der Waals surface area contributed by atoms with E-state index in [1.54, 1.807) is 0 Å². The summed E-state index contributed by atoms with van der Waals surface area (Å²) in [5.41, 5.74) is 0. The van der Waals surface area contributed by atoms with Crippen molar-refractivity contribution in [3.8, 4) is 0 Å². The van der Waals surface area contributed by atoms with Crippen LogP contribution >= 0.6 is 0 Å². The van der Waals surface area contributed by atoms with E-state index < -0.39 is 0 Å². The fourth-order valence-electron chi connectivity index (χ4n) is 3.85. The van der Waals surface area contributed by atoms with E-state index in [0.29, 0.717) is 6.04 Å². The quantitative estimate of drug-likeness (QED) is 0.712. The van der Waals surface area contributed by atoms with Gasteiger partial charge in [0.2, 0.25) is 5.91 Å². The molecule has 0 aromatic rings. The van der Waals surface area contributed by atoms with Gasteiger partial charge in [0.05, 0.1) is 0 Å². The summed E-state index contributed by atoms with van der Waals surface area (Å²) >= 11 is 0. The standard InChI is InChI=1S/C12H19NO/c1-6(2)12(14)13-11-9-7-3-4-8(5-7)10(9)11/h6-11H,3-5H2,1-2H3,(H,13,14). The normalized spacial score (nSPS) is 48.1. The molecule has 3 rings (SSSR count). The monoisotopic (exact) mass is 193 g/mol. The van der Waals surface area contributed by atoms with Crippen LogP contribution in [-0.4, -0.2) is 11.9 Å². The van der Waals surface area contributed by atoms with Gasteiger partial charge in [-0.2, -0.15) is 0 Å². The molecule has 3 fully saturated rings. The lowest BCUT2D eigenvalue weighted by molar-refractivity contribution is -0.124. The first-order chi connectivity index (χ1) is 6.68. The third-order valence-corrected chi connectivity index (χ3v) is 4.57. The van der Waals surface area contributed by atoms with Gasteiger partial charge in [0, 0.05) is 12.0 Å². The molecule has 14 heavy (non-hydrogen) atoms. The molecule has 2 bridgehead atoms. The van der Waals surface area contributed by atoms with Crippen LogP contribution in [0.25, 0.3) is 0 Å². The molecule has 3 aliphatic rings. The topological polar surface area (TPSA) is 29.1 Å². The van der Waals surface area contributed by atoms with Gasteiger partial charge in [-0.25, -0.2) is 0 Å². The molecule has 0 spiro atoms. The molecule has 0 aromatic carbocycles. The summed E-state index contributed by atoms with van der Waals surface area (Å²) in [5, 5.41) is 3.22. The fraction of sp³-hybridized carbons (Fsp3) is 0.917. The molecule has 1 N–H and O–H groups in total. The van der Waals surface area contributed by atoms with E-state index in [1.807, 2.05) is 13.8 Å².